The summed E-state index contributed by atoms with van der Waals surface area (Å²) >= 11 is 5.72. The molecule has 0 N–H and O–H groups in total. The second-order valence-corrected chi connectivity index (χ2v) is 5.02. The number of carbonyl (C=O) groups is 2. The Kier molecular flexibility index (Phi) is 4.13. The zero-order chi connectivity index (χ0) is 15.8. The van der Waals surface area contributed by atoms with E-state index >= 15 is 0 Å². The first kappa shape index (κ1) is 15.6. The first-order valence-electron chi connectivity index (χ1n) is 5.99. The molecule has 1 aromatic rings. The van der Waals surface area contributed by atoms with Crippen LogP contribution in [-0.2, 0) is 20.5 Å². The van der Waals surface area contributed by atoms with Crippen LogP contribution in [0.15, 0.2) is 18.2 Å². The number of alkyl halides is 3. The quantitative estimate of drug-likeness (QED) is 0.787. The molecule has 0 saturated carbocycles. The van der Waals surface area contributed by atoms with Gasteiger partial charge in [-0.15, -0.1) is 0 Å². The number of carbonyl (C=O) groups excluding carboxylic acids is 2. The fourth-order valence-corrected chi connectivity index (χ4v) is 2.40. The Morgan fingerprint density at radius 1 is 1.43 bits per heavy atom. The number of rotatable bonds is 2. The summed E-state index contributed by atoms with van der Waals surface area (Å²) in [6.07, 6.45) is -4.81. The molecule has 1 saturated heterocycles. The Morgan fingerprint density at radius 2 is 2.10 bits per heavy atom. The van der Waals surface area contributed by atoms with E-state index in [1.807, 2.05) is 0 Å². The molecule has 1 unspecified atom stereocenters. The predicted molar refractivity (Wildman–Crippen MR) is 68.9 cm³/mol. The lowest BCUT2D eigenvalue weighted by Crippen LogP contribution is -2.28. The summed E-state index contributed by atoms with van der Waals surface area (Å²) in [5.74, 6) is -1.97. The maximum absolute atomic E-state index is 13.0. The summed E-state index contributed by atoms with van der Waals surface area (Å²) < 4.78 is 43.6. The van der Waals surface area contributed by atoms with Gasteiger partial charge in [0.05, 0.1) is 24.3 Å². The minimum absolute atomic E-state index is 0.0762. The molecule has 1 amide bonds. The van der Waals surface area contributed by atoms with Gasteiger partial charge in [0.15, 0.2) is 0 Å². The van der Waals surface area contributed by atoms with Crippen molar-refractivity contribution < 1.29 is 27.5 Å². The van der Waals surface area contributed by atoms with Crippen molar-refractivity contribution in [1.29, 1.82) is 0 Å². The van der Waals surface area contributed by atoms with Gasteiger partial charge in [0.2, 0.25) is 5.91 Å². The predicted octanol–water partition coefficient (Wildman–Crippen LogP) is 2.88. The molecule has 1 fully saturated rings. The summed E-state index contributed by atoms with van der Waals surface area (Å²) in [5, 5.41) is 0.0762. The number of hydrogen-bond acceptors (Lipinski definition) is 3. The van der Waals surface area contributed by atoms with Crippen LogP contribution in [0.25, 0.3) is 0 Å². The molecule has 8 heteroatoms. The molecule has 1 atom stereocenters. The summed E-state index contributed by atoms with van der Waals surface area (Å²) in [6.45, 7) is -0.158. The van der Waals surface area contributed by atoms with Crippen LogP contribution in [0.4, 0.5) is 18.9 Å². The van der Waals surface area contributed by atoms with E-state index in [0.29, 0.717) is 0 Å². The van der Waals surface area contributed by atoms with Gasteiger partial charge in [-0.05, 0) is 18.2 Å². The molecule has 2 rings (SSSR count). The van der Waals surface area contributed by atoms with Gasteiger partial charge >= 0.3 is 12.1 Å². The van der Waals surface area contributed by atoms with Crippen LogP contribution in [0.5, 0.6) is 0 Å². The number of esters is 1. The smallest absolute Gasteiger partial charge is 0.418 e. The van der Waals surface area contributed by atoms with Gasteiger partial charge in [0, 0.05) is 18.0 Å². The summed E-state index contributed by atoms with van der Waals surface area (Å²) in [4.78, 5) is 24.3. The molecule has 4 nitrogen and oxygen atoms in total. The van der Waals surface area contributed by atoms with Crippen LogP contribution >= 0.6 is 11.6 Å². The van der Waals surface area contributed by atoms with Gasteiger partial charge in [-0.2, -0.15) is 13.2 Å². The van der Waals surface area contributed by atoms with Crippen LogP contribution < -0.4 is 4.90 Å². The van der Waals surface area contributed by atoms with E-state index in [2.05, 4.69) is 4.74 Å². The highest BCUT2D eigenvalue weighted by molar-refractivity contribution is 6.31. The third-order valence-corrected chi connectivity index (χ3v) is 3.45. The number of hydrogen-bond donors (Lipinski definition) is 0. The molecule has 1 heterocycles. The number of halogens is 4. The highest BCUT2D eigenvalue weighted by Crippen LogP contribution is 2.40. The first-order chi connectivity index (χ1) is 9.74. The number of ether oxygens (including phenoxy) is 1. The molecule has 1 aliphatic rings. The number of anilines is 1. The average molecular weight is 322 g/mol. The molecule has 21 heavy (non-hydrogen) atoms. The topological polar surface area (TPSA) is 46.6 Å². The Balaban J connectivity index is 2.40. The van der Waals surface area contributed by atoms with Crippen molar-refractivity contribution in [3.05, 3.63) is 28.8 Å². The zero-order valence-electron chi connectivity index (χ0n) is 10.9. The number of benzene rings is 1. The molecule has 0 radical (unpaired) electrons. The third-order valence-electron chi connectivity index (χ3n) is 3.22. The van der Waals surface area contributed by atoms with Crippen molar-refractivity contribution in [2.45, 2.75) is 12.6 Å². The molecule has 0 aromatic heterocycles. The van der Waals surface area contributed by atoms with E-state index in [1.165, 1.54) is 0 Å². The number of nitrogens with zero attached hydrogens (tertiary/aromatic N) is 1. The monoisotopic (exact) mass is 321 g/mol. The van der Waals surface area contributed by atoms with Crippen LogP contribution in [0, 0.1) is 5.92 Å². The normalized spacial score (nSPS) is 19.0. The molecule has 1 aliphatic heterocycles. The molecule has 0 spiro atoms. The van der Waals surface area contributed by atoms with Crippen molar-refractivity contribution in [2.75, 3.05) is 18.6 Å². The first-order valence-corrected chi connectivity index (χ1v) is 6.36. The highest BCUT2D eigenvalue weighted by atomic mass is 35.5. The number of amides is 1. The van der Waals surface area contributed by atoms with Crippen molar-refractivity contribution in [3.63, 3.8) is 0 Å². The fraction of sp³-hybridized carbons (Fsp3) is 0.385. The Labute approximate surface area is 123 Å². The van der Waals surface area contributed by atoms with Crippen LogP contribution in [-0.4, -0.2) is 25.5 Å². The van der Waals surface area contributed by atoms with Gasteiger partial charge in [0.25, 0.3) is 0 Å². The summed E-state index contributed by atoms with van der Waals surface area (Å²) in [5.41, 5.74) is -1.31. The average Bonchev–Trinajstić information content (AvgIpc) is 2.78. The largest absolute Gasteiger partial charge is 0.469 e. The van der Waals surface area contributed by atoms with Gasteiger partial charge in [-0.25, -0.2) is 0 Å². The van der Waals surface area contributed by atoms with Gasteiger partial charge in [-0.3, -0.25) is 9.59 Å². The van der Waals surface area contributed by atoms with Crippen LogP contribution in [0.2, 0.25) is 5.02 Å². The molecular formula is C13H11ClF3NO3. The zero-order valence-corrected chi connectivity index (χ0v) is 11.7. The highest BCUT2D eigenvalue weighted by Gasteiger charge is 2.41. The maximum atomic E-state index is 13.0. The fourth-order valence-electron chi connectivity index (χ4n) is 2.23. The minimum atomic E-state index is -4.62. The Bertz CT molecular complexity index is 589. The van der Waals surface area contributed by atoms with Gasteiger partial charge in [-0.1, -0.05) is 11.6 Å². The van der Waals surface area contributed by atoms with Crippen LogP contribution in [0.1, 0.15) is 12.0 Å². The minimum Gasteiger partial charge on any atom is -0.469 e. The Hall–Kier alpha value is -1.76. The molecular weight excluding hydrogens is 311 g/mol. The number of methoxy groups -OCH3 is 1. The summed E-state index contributed by atoms with van der Waals surface area (Å²) in [7, 11) is 1.16. The maximum Gasteiger partial charge on any atom is 0.418 e. The summed E-state index contributed by atoms with van der Waals surface area (Å²) in [6, 6.07) is 2.99. The Morgan fingerprint density at radius 3 is 2.67 bits per heavy atom. The lowest BCUT2D eigenvalue weighted by Gasteiger charge is -2.21. The SMILES string of the molecule is COC(=O)C1CC(=O)N(c2cc(Cl)ccc2C(F)(F)F)C1. The van der Waals surface area contributed by atoms with E-state index in [9.17, 15) is 22.8 Å². The second kappa shape index (κ2) is 5.55. The molecule has 0 bridgehead atoms. The molecule has 114 valence electrons. The van der Waals surface area contributed by atoms with E-state index in [1.54, 1.807) is 0 Å². The van der Waals surface area contributed by atoms with Crippen molar-refractivity contribution in [2.24, 2.45) is 5.92 Å². The van der Waals surface area contributed by atoms with Gasteiger partial charge in [0.1, 0.15) is 0 Å². The van der Waals surface area contributed by atoms with Crippen LogP contribution in [0.3, 0.4) is 0 Å². The van der Waals surface area contributed by atoms with Gasteiger partial charge < -0.3 is 9.64 Å². The third kappa shape index (κ3) is 3.12. The molecule has 0 aliphatic carbocycles. The van der Waals surface area contributed by atoms with E-state index < -0.39 is 29.5 Å². The van der Waals surface area contributed by atoms with Crippen molar-refractivity contribution >= 4 is 29.2 Å². The van der Waals surface area contributed by atoms with E-state index in [4.69, 9.17) is 11.6 Å². The van der Waals surface area contributed by atoms with Crippen molar-refractivity contribution in [3.8, 4) is 0 Å². The van der Waals surface area contributed by atoms with E-state index in [0.717, 1.165) is 30.2 Å². The standard InChI is InChI=1S/C13H11ClF3NO3/c1-21-12(20)7-4-11(19)18(6-7)10-5-8(14)2-3-9(10)13(15,16)17/h2-3,5,7H,4,6H2,1H3. The molecule has 1 aromatic carbocycles. The van der Waals surface area contributed by atoms with E-state index in [-0.39, 0.29) is 23.7 Å². The van der Waals surface area contributed by atoms with Crippen molar-refractivity contribution in [1.82, 2.24) is 0 Å². The lowest BCUT2D eigenvalue weighted by molar-refractivity contribution is -0.145. The second-order valence-electron chi connectivity index (χ2n) is 4.59. The lowest BCUT2D eigenvalue weighted by atomic mass is 10.1.